The number of nitrogens with two attached hydrogens (primary N) is 1. The van der Waals surface area contributed by atoms with Crippen molar-refractivity contribution < 1.29 is 9.47 Å². The molecule has 0 bridgehead atoms. The van der Waals surface area contributed by atoms with Crippen molar-refractivity contribution in [2.24, 2.45) is 0 Å². The largest absolute Gasteiger partial charge is 0.489 e. The SMILES string of the molecule is CC(C)(C)OCCOc1ccc2scnc2c1N. The van der Waals surface area contributed by atoms with Gasteiger partial charge in [0.15, 0.2) is 0 Å². The minimum Gasteiger partial charge on any atom is -0.489 e. The molecular weight excluding hydrogens is 248 g/mol. The standard InChI is InChI=1S/C13H18N2O2S/c1-13(2,3)17-7-6-16-9-4-5-10-12(11(9)14)15-8-18-10/h4-5,8H,6-7,14H2,1-3H3. The van der Waals surface area contributed by atoms with Gasteiger partial charge in [0.05, 0.1) is 22.4 Å². The highest BCUT2D eigenvalue weighted by Gasteiger charge is 2.11. The second-order valence-electron chi connectivity index (χ2n) is 4.99. The van der Waals surface area contributed by atoms with E-state index in [0.717, 1.165) is 10.2 Å². The van der Waals surface area contributed by atoms with E-state index in [-0.39, 0.29) is 5.60 Å². The van der Waals surface area contributed by atoms with Crippen LogP contribution in [0.3, 0.4) is 0 Å². The molecular formula is C13H18N2O2S. The molecule has 2 rings (SSSR count). The summed E-state index contributed by atoms with van der Waals surface area (Å²) in [6, 6.07) is 3.86. The summed E-state index contributed by atoms with van der Waals surface area (Å²) in [4.78, 5) is 4.23. The zero-order valence-electron chi connectivity index (χ0n) is 10.9. The van der Waals surface area contributed by atoms with Crippen LogP contribution < -0.4 is 10.5 Å². The molecule has 0 aliphatic carbocycles. The first-order chi connectivity index (χ1) is 8.47. The molecule has 1 aromatic carbocycles. The van der Waals surface area contributed by atoms with Gasteiger partial charge in [-0.15, -0.1) is 11.3 Å². The van der Waals surface area contributed by atoms with Crippen molar-refractivity contribution in [3.8, 4) is 5.75 Å². The van der Waals surface area contributed by atoms with Crippen molar-refractivity contribution in [3.63, 3.8) is 0 Å². The van der Waals surface area contributed by atoms with Crippen LogP contribution in [0.15, 0.2) is 17.6 Å². The topological polar surface area (TPSA) is 57.4 Å². The summed E-state index contributed by atoms with van der Waals surface area (Å²) in [6.07, 6.45) is 0. The van der Waals surface area contributed by atoms with Crippen LogP contribution in [0.1, 0.15) is 20.8 Å². The molecule has 0 fully saturated rings. The van der Waals surface area contributed by atoms with E-state index in [9.17, 15) is 0 Å². The maximum Gasteiger partial charge on any atom is 0.144 e. The Hall–Kier alpha value is -1.33. The molecule has 98 valence electrons. The summed E-state index contributed by atoms with van der Waals surface area (Å²) in [5, 5.41) is 0. The van der Waals surface area contributed by atoms with Crippen molar-refractivity contribution in [2.45, 2.75) is 26.4 Å². The number of nitrogen functional groups attached to an aromatic ring is 1. The summed E-state index contributed by atoms with van der Waals surface area (Å²) < 4.78 is 12.3. The van der Waals surface area contributed by atoms with Gasteiger partial charge in [-0.3, -0.25) is 0 Å². The molecule has 0 saturated carbocycles. The summed E-state index contributed by atoms with van der Waals surface area (Å²) in [5.41, 5.74) is 9.07. The molecule has 18 heavy (non-hydrogen) atoms. The zero-order valence-corrected chi connectivity index (χ0v) is 11.7. The molecule has 0 radical (unpaired) electrons. The van der Waals surface area contributed by atoms with Crippen molar-refractivity contribution in [1.29, 1.82) is 0 Å². The average Bonchev–Trinajstić information content (AvgIpc) is 2.74. The molecule has 4 nitrogen and oxygen atoms in total. The van der Waals surface area contributed by atoms with Gasteiger partial charge in [0.25, 0.3) is 0 Å². The maximum absolute atomic E-state index is 6.01. The maximum atomic E-state index is 6.01. The quantitative estimate of drug-likeness (QED) is 0.682. The first kappa shape index (κ1) is 13.1. The molecule has 0 aliphatic rings. The van der Waals surface area contributed by atoms with E-state index < -0.39 is 0 Å². The van der Waals surface area contributed by atoms with E-state index >= 15 is 0 Å². The van der Waals surface area contributed by atoms with Crippen LogP contribution >= 0.6 is 11.3 Å². The molecule has 2 aromatic rings. The Morgan fingerprint density at radius 3 is 2.78 bits per heavy atom. The van der Waals surface area contributed by atoms with E-state index in [1.54, 1.807) is 16.8 Å². The molecule has 0 atom stereocenters. The van der Waals surface area contributed by atoms with E-state index in [1.807, 2.05) is 32.9 Å². The van der Waals surface area contributed by atoms with E-state index in [0.29, 0.717) is 24.7 Å². The fraction of sp³-hybridized carbons (Fsp3) is 0.462. The summed E-state index contributed by atoms with van der Waals surface area (Å²) >= 11 is 1.57. The monoisotopic (exact) mass is 266 g/mol. The van der Waals surface area contributed by atoms with E-state index in [1.165, 1.54) is 0 Å². The molecule has 2 N–H and O–H groups in total. The van der Waals surface area contributed by atoms with Gasteiger partial charge < -0.3 is 15.2 Å². The molecule has 0 unspecified atom stereocenters. The van der Waals surface area contributed by atoms with Gasteiger partial charge in [-0.1, -0.05) is 0 Å². The third kappa shape index (κ3) is 3.11. The first-order valence-electron chi connectivity index (χ1n) is 5.86. The van der Waals surface area contributed by atoms with Crippen LogP contribution in [0.4, 0.5) is 5.69 Å². The van der Waals surface area contributed by atoms with Crippen LogP contribution in [0.25, 0.3) is 10.2 Å². The minimum absolute atomic E-state index is 0.145. The second kappa shape index (κ2) is 5.12. The van der Waals surface area contributed by atoms with Gasteiger partial charge in [-0.05, 0) is 32.9 Å². The highest BCUT2D eigenvalue weighted by molar-refractivity contribution is 7.16. The fourth-order valence-corrected chi connectivity index (χ4v) is 2.25. The highest BCUT2D eigenvalue weighted by atomic mass is 32.1. The lowest BCUT2D eigenvalue weighted by Crippen LogP contribution is -2.22. The molecule has 0 aliphatic heterocycles. The van der Waals surface area contributed by atoms with Gasteiger partial charge in [0, 0.05) is 0 Å². The van der Waals surface area contributed by atoms with Gasteiger partial charge in [0.2, 0.25) is 0 Å². The number of fused-ring (bicyclic) bond motifs is 1. The van der Waals surface area contributed by atoms with Crippen LogP contribution in [0.5, 0.6) is 5.75 Å². The number of hydrogen-bond donors (Lipinski definition) is 1. The third-order valence-corrected chi connectivity index (χ3v) is 3.17. The molecule has 1 aromatic heterocycles. The number of anilines is 1. The Labute approximate surface area is 111 Å². The van der Waals surface area contributed by atoms with E-state index in [4.69, 9.17) is 15.2 Å². The summed E-state index contributed by atoms with van der Waals surface area (Å²) in [6.45, 7) is 7.07. The van der Waals surface area contributed by atoms with Crippen LogP contribution in [-0.2, 0) is 4.74 Å². The lowest BCUT2D eigenvalue weighted by atomic mass is 10.2. The lowest BCUT2D eigenvalue weighted by molar-refractivity contribution is -0.0162. The molecule has 0 spiro atoms. The number of hydrogen-bond acceptors (Lipinski definition) is 5. The lowest BCUT2D eigenvalue weighted by Gasteiger charge is -2.19. The van der Waals surface area contributed by atoms with Gasteiger partial charge in [-0.2, -0.15) is 0 Å². The number of benzene rings is 1. The van der Waals surface area contributed by atoms with Crippen molar-refractivity contribution in [2.75, 3.05) is 18.9 Å². The number of thiazole rings is 1. The number of aromatic nitrogens is 1. The van der Waals surface area contributed by atoms with Crippen LogP contribution in [-0.4, -0.2) is 23.8 Å². The zero-order chi connectivity index (χ0) is 13.2. The van der Waals surface area contributed by atoms with Gasteiger partial charge >= 0.3 is 0 Å². The van der Waals surface area contributed by atoms with Crippen molar-refractivity contribution >= 4 is 27.2 Å². The normalized spacial score (nSPS) is 11.9. The molecule has 0 saturated heterocycles. The Morgan fingerprint density at radius 1 is 1.28 bits per heavy atom. The molecule has 5 heteroatoms. The van der Waals surface area contributed by atoms with Gasteiger partial charge in [-0.25, -0.2) is 4.98 Å². The Kier molecular flexibility index (Phi) is 3.73. The van der Waals surface area contributed by atoms with Gasteiger partial charge in [0.1, 0.15) is 23.6 Å². The third-order valence-electron chi connectivity index (χ3n) is 2.38. The Balaban J connectivity index is 1.97. The molecule has 0 amide bonds. The van der Waals surface area contributed by atoms with Crippen LogP contribution in [0, 0.1) is 0 Å². The predicted octanol–water partition coefficient (Wildman–Crippen LogP) is 3.07. The van der Waals surface area contributed by atoms with E-state index in [2.05, 4.69) is 4.98 Å². The first-order valence-corrected chi connectivity index (χ1v) is 6.74. The second-order valence-corrected chi connectivity index (χ2v) is 5.87. The molecule has 1 heterocycles. The Morgan fingerprint density at radius 2 is 2.06 bits per heavy atom. The highest BCUT2D eigenvalue weighted by Crippen LogP contribution is 2.31. The average molecular weight is 266 g/mol. The number of ether oxygens (including phenoxy) is 2. The number of nitrogens with zero attached hydrogens (tertiary/aromatic N) is 1. The van der Waals surface area contributed by atoms with Crippen LogP contribution in [0.2, 0.25) is 0 Å². The number of rotatable bonds is 4. The predicted molar refractivity (Wildman–Crippen MR) is 75.2 cm³/mol. The summed E-state index contributed by atoms with van der Waals surface area (Å²) in [7, 11) is 0. The Bertz CT molecular complexity index is 531. The van der Waals surface area contributed by atoms with Crippen molar-refractivity contribution in [3.05, 3.63) is 17.6 Å². The minimum atomic E-state index is -0.145. The smallest absolute Gasteiger partial charge is 0.144 e. The summed E-state index contributed by atoms with van der Waals surface area (Å²) in [5.74, 6) is 0.672. The van der Waals surface area contributed by atoms with Crippen molar-refractivity contribution in [1.82, 2.24) is 4.98 Å². The fourth-order valence-electron chi connectivity index (χ4n) is 1.56.